The molecule has 4 atom stereocenters. The lowest BCUT2D eigenvalue weighted by Crippen LogP contribution is -2.25. The second kappa shape index (κ2) is 14.0. The van der Waals surface area contributed by atoms with Crippen molar-refractivity contribution in [2.45, 2.75) is 31.9 Å². The van der Waals surface area contributed by atoms with Crippen LogP contribution in [0.4, 0.5) is 0 Å². The van der Waals surface area contributed by atoms with Crippen molar-refractivity contribution in [3.63, 3.8) is 0 Å². The van der Waals surface area contributed by atoms with Gasteiger partial charge in [-0.2, -0.15) is 0 Å². The molecule has 2 aromatic carbocycles. The normalized spacial score (nSPS) is 22.3. The van der Waals surface area contributed by atoms with Crippen molar-refractivity contribution in [3.8, 4) is 0 Å². The molecule has 0 saturated carbocycles. The minimum Gasteiger partial charge on any atom is -0.479 e. The first kappa shape index (κ1) is 27.7. The quantitative estimate of drug-likeness (QED) is 0.400. The summed E-state index contributed by atoms with van der Waals surface area (Å²) in [6.45, 7) is 1.20. The van der Waals surface area contributed by atoms with Gasteiger partial charge in [0.25, 0.3) is 0 Å². The molecule has 2 heterocycles. The molecule has 12 heteroatoms. The summed E-state index contributed by atoms with van der Waals surface area (Å²) in [5.74, 6) is -2.49. The van der Waals surface area contributed by atoms with Crippen LogP contribution in [0.1, 0.15) is 27.6 Å². The molecule has 0 aromatic heterocycles. The fourth-order valence-corrected chi connectivity index (χ4v) is 3.04. The third kappa shape index (κ3) is 9.28. The Bertz CT molecular complexity index is 1040. The van der Waals surface area contributed by atoms with Crippen LogP contribution >= 0.6 is 0 Å². The van der Waals surface area contributed by atoms with E-state index < -0.39 is 48.9 Å². The number of hydrogen-bond acceptors (Lipinski definition) is 11. The van der Waals surface area contributed by atoms with E-state index in [-0.39, 0.29) is 26.4 Å². The highest BCUT2D eigenvalue weighted by atomic mass is 16.8. The maximum Gasteiger partial charge on any atom is 0.338 e. The lowest BCUT2D eigenvalue weighted by atomic mass is 10.2. The van der Waals surface area contributed by atoms with Crippen LogP contribution in [0.3, 0.4) is 0 Å². The molecule has 198 valence electrons. The topological polar surface area (TPSA) is 153 Å². The number of rotatable bonds is 8. The smallest absolute Gasteiger partial charge is 0.338 e. The summed E-state index contributed by atoms with van der Waals surface area (Å²) < 4.78 is 35.2. The molecule has 2 saturated heterocycles. The van der Waals surface area contributed by atoms with Gasteiger partial charge >= 0.3 is 23.9 Å². The number of carbonyl (C=O) groups excluding carboxylic acids is 3. The molecule has 1 unspecified atom stereocenters. The van der Waals surface area contributed by atoms with Crippen molar-refractivity contribution in [1.82, 2.24) is 0 Å². The first-order valence-electron chi connectivity index (χ1n) is 11.2. The molecule has 2 aromatic rings. The summed E-state index contributed by atoms with van der Waals surface area (Å²) >= 11 is 0. The molecule has 0 amide bonds. The van der Waals surface area contributed by atoms with Gasteiger partial charge in [0.2, 0.25) is 6.29 Å². The maximum atomic E-state index is 11.6. The van der Waals surface area contributed by atoms with Crippen LogP contribution in [-0.2, 0) is 42.7 Å². The molecular formula is C25H26O12. The monoisotopic (exact) mass is 518 g/mol. The SMILES string of the molecule is CC(=O)OC1CO[C@H](COC(=O)c2ccccc2)O1.O=C(OC[C@H]1OC[C@@H](C(=O)O)O1)c1ccccc1. The van der Waals surface area contributed by atoms with Crippen molar-refractivity contribution >= 4 is 23.9 Å². The first-order chi connectivity index (χ1) is 17.8. The third-order valence-electron chi connectivity index (χ3n) is 4.76. The van der Waals surface area contributed by atoms with E-state index in [9.17, 15) is 19.2 Å². The van der Waals surface area contributed by atoms with E-state index in [1.807, 2.05) is 6.07 Å². The summed E-state index contributed by atoms with van der Waals surface area (Å²) in [5.41, 5.74) is 0.877. The molecule has 0 aliphatic carbocycles. The van der Waals surface area contributed by atoms with Gasteiger partial charge in [0.15, 0.2) is 18.7 Å². The minimum atomic E-state index is -1.09. The van der Waals surface area contributed by atoms with Gasteiger partial charge in [0.1, 0.15) is 19.8 Å². The molecular weight excluding hydrogens is 492 g/mol. The summed E-state index contributed by atoms with van der Waals surface area (Å²) in [7, 11) is 0. The Hall–Kier alpha value is -3.84. The molecule has 1 N–H and O–H groups in total. The van der Waals surface area contributed by atoms with Crippen LogP contribution in [0.25, 0.3) is 0 Å². The molecule has 2 aliphatic heterocycles. The molecule has 0 spiro atoms. The van der Waals surface area contributed by atoms with E-state index in [1.54, 1.807) is 54.6 Å². The third-order valence-corrected chi connectivity index (χ3v) is 4.76. The van der Waals surface area contributed by atoms with Gasteiger partial charge in [-0.3, -0.25) is 4.79 Å². The second-order valence-electron chi connectivity index (χ2n) is 7.59. The fourth-order valence-electron chi connectivity index (χ4n) is 3.04. The summed E-state index contributed by atoms with van der Waals surface area (Å²) in [6, 6.07) is 17.1. The van der Waals surface area contributed by atoms with Crippen LogP contribution in [0, 0.1) is 0 Å². The Morgan fingerprint density at radius 3 is 1.73 bits per heavy atom. The van der Waals surface area contributed by atoms with E-state index in [2.05, 4.69) is 0 Å². The molecule has 37 heavy (non-hydrogen) atoms. The molecule has 2 fully saturated rings. The van der Waals surface area contributed by atoms with Crippen molar-refractivity contribution in [3.05, 3.63) is 71.8 Å². The number of carboxylic acids is 1. The Morgan fingerprint density at radius 1 is 0.784 bits per heavy atom. The zero-order valence-electron chi connectivity index (χ0n) is 19.8. The van der Waals surface area contributed by atoms with E-state index in [0.717, 1.165) is 0 Å². The van der Waals surface area contributed by atoms with E-state index >= 15 is 0 Å². The predicted molar refractivity (Wildman–Crippen MR) is 122 cm³/mol. The number of hydrogen-bond donors (Lipinski definition) is 1. The van der Waals surface area contributed by atoms with Gasteiger partial charge in [0.05, 0.1) is 17.7 Å². The van der Waals surface area contributed by atoms with Gasteiger partial charge in [-0.25, -0.2) is 14.4 Å². The number of carboxylic acid groups (broad SMARTS) is 1. The zero-order valence-corrected chi connectivity index (χ0v) is 19.8. The van der Waals surface area contributed by atoms with Crippen LogP contribution in [0.2, 0.25) is 0 Å². The molecule has 4 rings (SSSR count). The zero-order chi connectivity index (χ0) is 26.6. The predicted octanol–water partition coefficient (Wildman–Crippen LogP) is 1.77. The number of esters is 3. The fraction of sp³-hybridized carbons (Fsp3) is 0.360. The lowest BCUT2D eigenvalue weighted by Gasteiger charge is -2.11. The Balaban J connectivity index is 0.000000206. The largest absolute Gasteiger partial charge is 0.479 e. The average Bonchev–Trinajstić information content (AvgIpc) is 3.57. The van der Waals surface area contributed by atoms with Gasteiger partial charge in [0, 0.05) is 6.92 Å². The number of carbonyl (C=O) groups is 4. The first-order valence-corrected chi connectivity index (χ1v) is 11.2. The van der Waals surface area contributed by atoms with Crippen molar-refractivity contribution < 1.29 is 57.4 Å². The summed E-state index contributed by atoms with van der Waals surface area (Å²) in [5, 5.41) is 8.67. The molecule has 12 nitrogen and oxygen atoms in total. The summed E-state index contributed by atoms with van der Waals surface area (Å²) in [6.07, 6.45) is -3.26. The molecule has 0 bridgehead atoms. The van der Waals surface area contributed by atoms with E-state index in [1.165, 1.54) is 6.92 Å². The lowest BCUT2D eigenvalue weighted by molar-refractivity contribution is -0.177. The van der Waals surface area contributed by atoms with Crippen LogP contribution in [0.5, 0.6) is 0 Å². The van der Waals surface area contributed by atoms with Gasteiger partial charge in [-0.05, 0) is 24.3 Å². The highest BCUT2D eigenvalue weighted by Crippen LogP contribution is 2.14. The minimum absolute atomic E-state index is 0.0388. The van der Waals surface area contributed by atoms with Gasteiger partial charge in [-0.1, -0.05) is 36.4 Å². The maximum absolute atomic E-state index is 11.6. The Morgan fingerprint density at radius 2 is 1.27 bits per heavy atom. The van der Waals surface area contributed by atoms with Crippen molar-refractivity contribution in [2.24, 2.45) is 0 Å². The highest BCUT2D eigenvalue weighted by Gasteiger charge is 2.32. The molecule has 0 radical (unpaired) electrons. The van der Waals surface area contributed by atoms with Crippen molar-refractivity contribution in [1.29, 1.82) is 0 Å². The highest BCUT2D eigenvalue weighted by molar-refractivity contribution is 5.89. The van der Waals surface area contributed by atoms with Crippen LogP contribution in [-0.4, -0.2) is 80.4 Å². The van der Waals surface area contributed by atoms with E-state index in [0.29, 0.717) is 11.1 Å². The van der Waals surface area contributed by atoms with Crippen LogP contribution < -0.4 is 0 Å². The summed E-state index contributed by atoms with van der Waals surface area (Å²) in [4.78, 5) is 44.5. The van der Waals surface area contributed by atoms with Crippen LogP contribution in [0.15, 0.2) is 60.7 Å². The number of aliphatic carboxylic acids is 1. The van der Waals surface area contributed by atoms with Crippen molar-refractivity contribution in [2.75, 3.05) is 26.4 Å². The number of ether oxygens (including phenoxy) is 7. The Labute approximate surface area is 211 Å². The number of benzene rings is 2. The van der Waals surface area contributed by atoms with E-state index in [4.69, 9.17) is 38.3 Å². The standard InChI is InChI=1S/C13H14O6.C12H12O6/c1-9(14)18-12-8-16-11(19-12)7-17-13(15)10-5-3-2-4-6-10;13-11(14)9-6-16-10(18-9)7-17-12(15)8-4-2-1-3-5-8/h2-6,11-12H,7-8H2,1H3;1-5,9-10H,6-7H2,(H,13,14)/t11-,12?;9-,10-/m00/s1. The molecule has 2 aliphatic rings. The Kier molecular flexibility index (Phi) is 10.5. The van der Waals surface area contributed by atoms with Gasteiger partial charge in [-0.15, -0.1) is 0 Å². The second-order valence-corrected chi connectivity index (χ2v) is 7.59. The van der Waals surface area contributed by atoms with Gasteiger partial charge < -0.3 is 38.3 Å². The average molecular weight is 518 g/mol.